The van der Waals surface area contributed by atoms with E-state index in [1.165, 1.54) is 11.9 Å². The van der Waals surface area contributed by atoms with E-state index in [0.29, 0.717) is 5.91 Å². The average Bonchev–Trinajstić information content (AvgIpc) is 3.11. The van der Waals surface area contributed by atoms with E-state index in [1.807, 2.05) is 0 Å². The minimum absolute atomic E-state index is 0.203. The molecule has 0 aliphatic carbocycles. The third kappa shape index (κ3) is 4.48. The lowest BCUT2D eigenvalue weighted by Gasteiger charge is -2.38. The Morgan fingerprint density at radius 1 is 1.00 bits per heavy atom. The Morgan fingerprint density at radius 3 is 2.41 bits per heavy atom. The molecule has 0 radical (unpaired) electrons. The summed E-state index contributed by atoms with van der Waals surface area (Å²) in [4.78, 5) is 24.9. The number of amides is 1. The molecule has 2 saturated heterocycles. The van der Waals surface area contributed by atoms with Gasteiger partial charge in [-0.1, -0.05) is 19.1 Å². The van der Waals surface area contributed by atoms with Crippen molar-refractivity contribution in [2.45, 2.75) is 46.2 Å². The van der Waals surface area contributed by atoms with Crippen LogP contribution in [-0.4, -0.2) is 76.0 Å². The monoisotopic (exact) mass is 397 g/mol. The summed E-state index contributed by atoms with van der Waals surface area (Å²) in [6.07, 6.45) is 3.14. The van der Waals surface area contributed by atoms with Gasteiger partial charge in [-0.25, -0.2) is 4.98 Å². The van der Waals surface area contributed by atoms with Gasteiger partial charge in [0.15, 0.2) is 0 Å². The maximum atomic E-state index is 13.0. The Bertz CT molecular complexity index is 816. The van der Waals surface area contributed by atoms with Crippen LogP contribution in [0.4, 0.5) is 0 Å². The van der Waals surface area contributed by atoms with Gasteiger partial charge in [0.2, 0.25) is 5.91 Å². The number of para-hydroxylation sites is 2. The number of piperidine rings is 1. The fourth-order valence-corrected chi connectivity index (χ4v) is 4.90. The molecule has 1 amide bonds. The molecule has 158 valence electrons. The second kappa shape index (κ2) is 9.26. The summed E-state index contributed by atoms with van der Waals surface area (Å²) in [6, 6.07) is 8.38. The molecule has 2 aliphatic heterocycles. The molecule has 1 aromatic heterocycles. The molecule has 2 aromatic rings. The summed E-state index contributed by atoms with van der Waals surface area (Å²) >= 11 is 0. The van der Waals surface area contributed by atoms with Crippen LogP contribution in [0.5, 0.6) is 0 Å². The maximum absolute atomic E-state index is 13.0. The predicted octanol–water partition coefficient (Wildman–Crippen LogP) is 2.82. The fourth-order valence-electron chi connectivity index (χ4n) is 4.90. The Kier molecular flexibility index (Phi) is 6.50. The zero-order valence-electron chi connectivity index (χ0n) is 18.0. The van der Waals surface area contributed by atoms with Crippen molar-refractivity contribution in [2.24, 2.45) is 5.92 Å². The van der Waals surface area contributed by atoms with E-state index in [2.05, 4.69) is 57.4 Å². The number of piperazine rings is 1. The number of aromatic nitrogens is 2. The lowest BCUT2D eigenvalue weighted by molar-refractivity contribution is -0.138. The van der Waals surface area contributed by atoms with Crippen LogP contribution in [0.2, 0.25) is 0 Å². The highest BCUT2D eigenvalue weighted by molar-refractivity contribution is 5.79. The molecule has 6 nitrogen and oxygen atoms in total. The van der Waals surface area contributed by atoms with Crippen molar-refractivity contribution in [3.8, 4) is 0 Å². The number of hydrogen-bond donors (Lipinski definition) is 0. The van der Waals surface area contributed by atoms with E-state index in [1.54, 1.807) is 0 Å². The fraction of sp³-hybridized carbons (Fsp3) is 0.652. The van der Waals surface area contributed by atoms with Crippen molar-refractivity contribution >= 4 is 16.9 Å². The second-order valence-corrected chi connectivity index (χ2v) is 8.48. The van der Waals surface area contributed by atoms with Crippen LogP contribution in [0.15, 0.2) is 24.3 Å². The highest BCUT2D eigenvalue weighted by atomic mass is 16.2. The van der Waals surface area contributed by atoms with Gasteiger partial charge in [-0.15, -0.1) is 0 Å². The average molecular weight is 398 g/mol. The largest absolute Gasteiger partial charge is 0.340 e. The second-order valence-electron chi connectivity index (χ2n) is 8.48. The van der Waals surface area contributed by atoms with Crippen molar-refractivity contribution in [1.29, 1.82) is 0 Å². The normalized spacial score (nSPS) is 19.9. The summed E-state index contributed by atoms with van der Waals surface area (Å²) in [5, 5.41) is 0. The van der Waals surface area contributed by atoms with Crippen molar-refractivity contribution in [3.05, 3.63) is 30.1 Å². The molecule has 29 heavy (non-hydrogen) atoms. The van der Waals surface area contributed by atoms with Crippen molar-refractivity contribution in [3.63, 3.8) is 0 Å². The van der Waals surface area contributed by atoms with E-state index < -0.39 is 0 Å². The molecule has 0 bridgehead atoms. The topological polar surface area (TPSA) is 44.6 Å². The predicted molar refractivity (Wildman–Crippen MR) is 117 cm³/mol. The number of rotatable bonds is 6. The minimum Gasteiger partial charge on any atom is -0.340 e. The number of benzene rings is 1. The molecular weight excluding hydrogens is 362 g/mol. The summed E-state index contributed by atoms with van der Waals surface area (Å²) in [5.74, 6) is 1.74. The number of likely N-dealkylation sites (tertiary alicyclic amines) is 1. The molecular formula is C23H35N5O. The first-order chi connectivity index (χ1) is 14.2. The number of carbonyl (C=O) groups excluding carboxylic acids is 1. The van der Waals surface area contributed by atoms with Gasteiger partial charge in [0.05, 0.1) is 17.6 Å². The number of hydrogen-bond acceptors (Lipinski definition) is 4. The van der Waals surface area contributed by atoms with Gasteiger partial charge < -0.3 is 9.47 Å². The molecule has 1 aromatic carbocycles. The highest BCUT2D eigenvalue weighted by Gasteiger charge is 2.30. The first-order valence-corrected chi connectivity index (χ1v) is 11.4. The zero-order chi connectivity index (χ0) is 20.2. The van der Waals surface area contributed by atoms with E-state index in [-0.39, 0.29) is 5.92 Å². The van der Waals surface area contributed by atoms with Gasteiger partial charge in [-0.05, 0) is 58.0 Å². The smallest absolute Gasteiger partial charge is 0.225 e. The number of carbonyl (C=O) groups is 1. The Morgan fingerprint density at radius 2 is 1.72 bits per heavy atom. The third-order valence-electron chi connectivity index (χ3n) is 6.58. The van der Waals surface area contributed by atoms with Crippen LogP contribution in [0.25, 0.3) is 11.0 Å². The summed E-state index contributed by atoms with van der Waals surface area (Å²) < 4.78 is 2.32. The van der Waals surface area contributed by atoms with Gasteiger partial charge in [0.25, 0.3) is 0 Å². The van der Waals surface area contributed by atoms with Gasteiger partial charge >= 0.3 is 0 Å². The molecule has 2 fully saturated rings. The van der Waals surface area contributed by atoms with Crippen LogP contribution in [0.3, 0.4) is 0 Å². The van der Waals surface area contributed by atoms with E-state index in [9.17, 15) is 4.79 Å². The van der Waals surface area contributed by atoms with E-state index in [4.69, 9.17) is 4.98 Å². The molecule has 0 N–H and O–H groups in total. The first-order valence-electron chi connectivity index (χ1n) is 11.4. The lowest BCUT2D eigenvalue weighted by Crippen LogP contribution is -2.51. The number of aryl methyl sites for hydroxylation is 1. The van der Waals surface area contributed by atoms with Gasteiger partial charge in [0.1, 0.15) is 5.82 Å². The highest BCUT2D eigenvalue weighted by Crippen LogP contribution is 2.23. The van der Waals surface area contributed by atoms with Gasteiger partial charge in [0, 0.05) is 38.6 Å². The summed E-state index contributed by atoms with van der Waals surface area (Å²) in [5.41, 5.74) is 2.30. The van der Waals surface area contributed by atoms with Gasteiger partial charge in [-0.3, -0.25) is 14.6 Å². The van der Waals surface area contributed by atoms with Crippen LogP contribution in [0.1, 0.15) is 38.9 Å². The van der Waals surface area contributed by atoms with Gasteiger partial charge in [-0.2, -0.15) is 0 Å². The Hall–Kier alpha value is -1.92. The van der Waals surface area contributed by atoms with Crippen molar-refractivity contribution in [1.82, 2.24) is 24.3 Å². The van der Waals surface area contributed by atoms with Crippen LogP contribution in [-0.2, 0) is 17.9 Å². The third-order valence-corrected chi connectivity index (χ3v) is 6.58. The molecule has 4 rings (SSSR count). The molecule has 0 unspecified atom stereocenters. The molecule has 0 spiro atoms. The van der Waals surface area contributed by atoms with Crippen LogP contribution in [0, 0.1) is 5.92 Å². The van der Waals surface area contributed by atoms with E-state index in [0.717, 1.165) is 83.1 Å². The number of nitrogens with zero attached hydrogens (tertiary/aromatic N) is 5. The molecule has 0 atom stereocenters. The Balaban J connectivity index is 1.30. The first kappa shape index (κ1) is 20.4. The zero-order valence-corrected chi connectivity index (χ0v) is 18.0. The SMILES string of the molecule is CCCN1CCN(C(=O)C2CCN(Cc3nc4ccccc4n3CC)CC2)CC1. The molecule has 6 heteroatoms. The lowest BCUT2D eigenvalue weighted by atomic mass is 9.95. The van der Waals surface area contributed by atoms with Crippen molar-refractivity contribution < 1.29 is 4.79 Å². The molecule has 0 saturated carbocycles. The Labute approximate surface area is 174 Å². The quantitative estimate of drug-likeness (QED) is 0.752. The van der Waals surface area contributed by atoms with Crippen molar-refractivity contribution in [2.75, 3.05) is 45.8 Å². The standard InChI is InChI=1S/C23H35N5O/c1-3-11-25-14-16-27(17-15-25)23(29)19-9-12-26(13-10-19)18-22-24-20-7-5-6-8-21(20)28(22)4-2/h5-8,19H,3-4,9-18H2,1-2H3. The summed E-state index contributed by atoms with van der Waals surface area (Å²) in [7, 11) is 0. The summed E-state index contributed by atoms with van der Waals surface area (Å²) in [6.45, 7) is 13.2. The number of fused-ring (bicyclic) bond motifs is 1. The van der Waals surface area contributed by atoms with E-state index >= 15 is 0 Å². The van der Waals surface area contributed by atoms with Crippen LogP contribution < -0.4 is 0 Å². The number of imidazole rings is 1. The minimum atomic E-state index is 0.203. The van der Waals surface area contributed by atoms with Crippen LogP contribution >= 0.6 is 0 Å². The molecule has 2 aliphatic rings. The maximum Gasteiger partial charge on any atom is 0.225 e. The molecule has 3 heterocycles.